The van der Waals surface area contributed by atoms with Gasteiger partial charge in [0.15, 0.2) is 0 Å². The van der Waals surface area contributed by atoms with Gasteiger partial charge < -0.3 is 14.9 Å². The molecule has 1 N–H and O–H groups in total. The fraction of sp³-hybridized carbons (Fsp3) is 0.500. The number of aryl methyl sites for hydroxylation is 1. The lowest BCUT2D eigenvalue weighted by atomic mass is 10.1. The van der Waals surface area contributed by atoms with E-state index in [0.717, 1.165) is 29.6 Å². The topological polar surface area (TPSA) is 56.7 Å². The smallest absolute Gasteiger partial charge is 0.328 e. The van der Waals surface area contributed by atoms with Gasteiger partial charge in [-0.3, -0.25) is 0 Å². The molecule has 1 aromatic rings. The van der Waals surface area contributed by atoms with Crippen molar-refractivity contribution in [2.24, 2.45) is 0 Å². The standard InChI is InChI=1S/C16H23N3O2/c1-12-9-13(6-7-15(20)21)10-17-16(12)19(3)11-14-5-4-8-18(14)2/h6-7,9-10,14H,4-5,8,11H2,1-3H3,(H,20,21)/b7-6+. The van der Waals surface area contributed by atoms with E-state index in [1.54, 1.807) is 12.3 Å². The van der Waals surface area contributed by atoms with Crippen LogP contribution < -0.4 is 4.90 Å². The summed E-state index contributed by atoms with van der Waals surface area (Å²) in [4.78, 5) is 19.6. The third kappa shape index (κ3) is 4.04. The highest BCUT2D eigenvalue weighted by Crippen LogP contribution is 2.21. The van der Waals surface area contributed by atoms with E-state index in [1.807, 2.05) is 13.0 Å². The van der Waals surface area contributed by atoms with Gasteiger partial charge in [0.05, 0.1) is 0 Å². The SMILES string of the molecule is Cc1cc(/C=C/C(=O)O)cnc1N(C)CC1CCCN1C. The first-order valence-electron chi connectivity index (χ1n) is 7.26. The Kier molecular flexibility index (Phi) is 4.96. The monoisotopic (exact) mass is 289 g/mol. The number of anilines is 1. The molecule has 0 radical (unpaired) electrons. The van der Waals surface area contributed by atoms with Crippen LogP contribution in [0.25, 0.3) is 6.08 Å². The minimum absolute atomic E-state index is 0.586. The van der Waals surface area contributed by atoms with Crippen molar-refractivity contribution in [3.63, 3.8) is 0 Å². The van der Waals surface area contributed by atoms with Crippen molar-refractivity contribution in [3.05, 3.63) is 29.5 Å². The van der Waals surface area contributed by atoms with E-state index >= 15 is 0 Å². The molecule has 0 bridgehead atoms. The van der Waals surface area contributed by atoms with E-state index in [9.17, 15) is 4.79 Å². The molecule has 1 fully saturated rings. The zero-order valence-electron chi connectivity index (χ0n) is 12.9. The number of rotatable bonds is 5. The van der Waals surface area contributed by atoms with Gasteiger partial charge in [-0.2, -0.15) is 0 Å². The van der Waals surface area contributed by atoms with Crippen molar-refractivity contribution < 1.29 is 9.90 Å². The molecule has 0 saturated carbocycles. The van der Waals surface area contributed by atoms with Crippen molar-refractivity contribution >= 4 is 17.9 Å². The largest absolute Gasteiger partial charge is 0.478 e. The van der Waals surface area contributed by atoms with Crippen LogP contribution in [-0.2, 0) is 4.79 Å². The summed E-state index contributed by atoms with van der Waals surface area (Å²) < 4.78 is 0. The maximum atomic E-state index is 10.5. The predicted octanol–water partition coefficient (Wildman–Crippen LogP) is 2.02. The number of carbonyl (C=O) groups is 1. The molecule has 21 heavy (non-hydrogen) atoms. The van der Waals surface area contributed by atoms with Crippen LogP contribution in [0.1, 0.15) is 24.0 Å². The first-order chi connectivity index (χ1) is 9.97. The van der Waals surface area contributed by atoms with Crippen LogP contribution >= 0.6 is 0 Å². The summed E-state index contributed by atoms with van der Waals surface area (Å²) in [5.74, 6) is 0.0147. The van der Waals surface area contributed by atoms with Gasteiger partial charge >= 0.3 is 5.97 Å². The molecule has 1 aliphatic heterocycles. The van der Waals surface area contributed by atoms with Gasteiger partial charge in [0.25, 0.3) is 0 Å². The van der Waals surface area contributed by atoms with Crippen molar-refractivity contribution in [2.45, 2.75) is 25.8 Å². The molecule has 0 aromatic carbocycles. The second kappa shape index (κ2) is 6.72. The van der Waals surface area contributed by atoms with Crippen LogP contribution in [0.2, 0.25) is 0 Å². The number of likely N-dealkylation sites (tertiary alicyclic amines) is 1. The highest BCUT2D eigenvalue weighted by molar-refractivity contribution is 5.85. The average Bonchev–Trinajstić information content (AvgIpc) is 2.82. The zero-order valence-corrected chi connectivity index (χ0v) is 12.9. The normalized spacial score (nSPS) is 19.3. The molecule has 2 rings (SSSR count). The van der Waals surface area contributed by atoms with Gasteiger partial charge in [-0.05, 0) is 56.6 Å². The van der Waals surface area contributed by atoms with E-state index in [2.05, 4.69) is 28.9 Å². The van der Waals surface area contributed by atoms with E-state index < -0.39 is 5.97 Å². The van der Waals surface area contributed by atoms with Gasteiger partial charge in [0, 0.05) is 31.9 Å². The first kappa shape index (κ1) is 15.5. The van der Waals surface area contributed by atoms with E-state index in [-0.39, 0.29) is 0 Å². The summed E-state index contributed by atoms with van der Waals surface area (Å²) in [5, 5.41) is 8.65. The summed E-state index contributed by atoms with van der Waals surface area (Å²) in [5.41, 5.74) is 1.87. The average molecular weight is 289 g/mol. The Hall–Kier alpha value is -1.88. The maximum absolute atomic E-state index is 10.5. The van der Waals surface area contributed by atoms with Crippen molar-refractivity contribution in [1.29, 1.82) is 0 Å². The highest BCUT2D eigenvalue weighted by atomic mass is 16.4. The van der Waals surface area contributed by atoms with Gasteiger partial charge in [0.2, 0.25) is 0 Å². The lowest BCUT2D eigenvalue weighted by Crippen LogP contribution is -2.37. The number of carboxylic acid groups (broad SMARTS) is 1. The number of carboxylic acids is 1. The first-order valence-corrected chi connectivity index (χ1v) is 7.26. The molecular formula is C16H23N3O2. The maximum Gasteiger partial charge on any atom is 0.328 e. The number of aromatic nitrogens is 1. The molecule has 1 atom stereocenters. The lowest BCUT2D eigenvalue weighted by Gasteiger charge is -2.27. The van der Waals surface area contributed by atoms with Gasteiger partial charge in [-0.15, -0.1) is 0 Å². The summed E-state index contributed by atoms with van der Waals surface area (Å²) in [6.45, 7) is 4.15. The van der Waals surface area contributed by atoms with Crippen LogP contribution in [0.5, 0.6) is 0 Å². The Bertz CT molecular complexity index is 542. The Morgan fingerprint density at radius 3 is 2.95 bits per heavy atom. The third-order valence-corrected chi connectivity index (χ3v) is 4.01. The highest BCUT2D eigenvalue weighted by Gasteiger charge is 2.22. The second-order valence-electron chi connectivity index (χ2n) is 5.74. The molecule has 1 aromatic heterocycles. The van der Waals surface area contributed by atoms with Crippen molar-refractivity contribution in [3.8, 4) is 0 Å². The fourth-order valence-corrected chi connectivity index (χ4v) is 2.86. The zero-order chi connectivity index (χ0) is 15.4. The molecule has 0 aliphatic carbocycles. The summed E-state index contributed by atoms with van der Waals surface area (Å²) in [6, 6.07) is 2.55. The van der Waals surface area contributed by atoms with Gasteiger partial charge in [-0.1, -0.05) is 0 Å². The van der Waals surface area contributed by atoms with E-state index in [4.69, 9.17) is 5.11 Å². The molecular weight excluding hydrogens is 266 g/mol. The van der Waals surface area contributed by atoms with Crippen LogP contribution in [0.4, 0.5) is 5.82 Å². The minimum atomic E-state index is -0.946. The molecule has 2 heterocycles. The minimum Gasteiger partial charge on any atom is -0.478 e. The Labute approximate surface area is 125 Å². The number of likely N-dealkylation sites (N-methyl/N-ethyl adjacent to an activating group) is 2. The van der Waals surface area contributed by atoms with Crippen LogP contribution in [0, 0.1) is 6.92 Å². The lowest BCUT2D eigenvalue weighted by molar-refractivity contribution is -0.131. The number of nitrogens with zero attached hydrogens (tertiary/aromatic N) is 3. The van der Waals surface area contributed by atoms with Crippen molar-refractivity contribution in [2.75, 3.05) is 32.1 Å². The molecule has 1 saturated heterocycles. The fourth-order valence-electron chi connectivity index (χ4n) is 2.86. The molecule has 0 amide bonds. The quantitative estimate of drug-likeness (QED) is 0.840. The van der Waals surface area contributed by atoms with Gasteiger partial charge in [-0.25, -0.2) is 9.78 Å². The summed E-state index contributed by atoms with van der Waals surface area (Å²) >= 11 is 0. The second-order valence-corrected chi connectivity index (χ2v) is 5.74. The van der Waals surface area contributed by atoms with Crippen LogP contribution in [0.3, 0.4) is 0 Å². The summed E-state index contributed by atoms with van der Waals surface area (Å²) in [7, 11) is 4.24. The number of aliphatic carboxylic acids is 1. The molecule has 0 spiro atoms. The third-order valence-electron chi connectivity index (χ3n) is 4.01. The Morgan fingerprint density at radius 2 is 2.38 bits per heavy atom. The van der Waals surface area contributed by atoms with Crippen LogP contribution in [0.15, 0.2) is 18.3 Å². The van der Waals surface area contributed by atoms with E-state index in [0.29, 0.717) is 6.04 Å². The molecule has 5 nitrogen and oxygen atoms in total. The van der Waals surface area contributed by atoms with E-state index in [1.165, 1.54) is 19.4 Å². The van der Waals surface area contributed by atoms with Crippen molar-refractivity contribution in [1.82, 2.24) is 9.88 Å². The molecule has 1 unspecified atom stereocenters. The predicted molar refractivity (Wildman–Crippen MR) is 84.6 cm³/mol. The summed E-state index contributed by atoms with van der Waals surface area (Å²) in [6.07, 6.45) is 6.92. The number of hydrogen-bond donors (Lipinski definition) is 1. The van der Waals surface area contributed by atoms with Crippen LogP contribution in [-0.4, -0.2) is 54.2 Å². The molecule has 1 aliphatic rings. The molecule has 114 valence electrons. The number of pyridine rings is 1. The number of hydrogen-bond acceptors (Lipinski definition) is 4. The molecule has 5 heteroatoms. The Morgan fingerprint density at radius 1 is 1.62 bits per heavy atom. The Balaban J connectivity index is 2.07. The van der Waals surface area contributed by atoms with Gasteiger partial charge in [0.1, 0.15) is 5.82 Å².